The van der Waals surface area contributed by atoms with E-state index in [1.54, 1.807) is 6.92 Å². The lowest BCUT2D eigenvalue weighted by atomic mass is 10.2. The number of nitro benzene ring substituents is 1. The first-order valence-electron chi connectivity index (χ1n) is 5.22. The van der Waals surface area contributed by atoms with Crippen molar-refractivity contribution in [3.05, 3.63) is 38.7 Å². The van der Waals surface area contributed by atoms with Gasteiger partial charge in [-0.1, -0.05) is 0 Å². The number of H-pyrrole nitrogens is 1. The maximum atomic E-state index is 11.7. The number of aromatic amines is 1. The van der Waals surface area contributed by atoms with E-state index in [0.717, 1.165) is 4.68 Å². The zero-order chi connectivity index (χ0) is 13.3. The van der Waals surface area contributed by atoms with Gasteiger partial charge in [-0.05, 0) is 13.0 Å². The van der Waals surface area contributed by atoms with Gasteiger partial charge in [0.05, 0.1) is 15.8 Å². The first kappa shape index (κ1) is 11.8. The predicted octanol–water partition coefficient (Wildman–Crippen LogP) is 0.815. The number of hydrogen-bond donors (Lipinski definition) is 2. The molecule has 0 saturated carbocycles. The summed E-state index contributed by atoms with van der Waals surface area (Å²) in [6, 6.07) is 3.19. The van der Waals surface area contributed by atoms with Crippen LogP contribution in [0.15, 0.2) is 23.0 Å². The summed E-state index contributed by atoms with van der Waals surface area (Å²) >= 11 is 0. The Kier molecular flexibility index (Phi) is 2.84. The molecule has 1 heterocycles. The van der Waals surface area contributed by atoms with Crippen LogP contribution >= 0.6 is 0 Å². The van der Waals surface area contributed by atoms with Crippen molar-refractivity contribution in [2.45, 2.75) is 6.92 Å². The van der Waals surface area contributed by atoms with Gasteiger partial charge in [0.15, 0.2) is 0 Å². The minimum absolute atomic E-state index is 0.181. The van der Waals surface area contributed by atoms with Gasteiger partial charge in [0, 0.05) is 18.7 Å². The Morgan fingerprint density at radius 3 is 2.89 bits per heavy atom. The van der Waals surface area contributed by atoms with Gasteiger partial charge in [-0.15, -0.1) is 0 Å². The van der Waals surface area contributed by atoms with Crippen LogP contribution in [0, 0.1) is 10.1 Å². The van der Waals surface area contributed by atoms with Crippen molar-refractivity contribution in [2.75, 3.05) is 6.54 Å². The maximum Gasteiger partial charge on any atom is 0.340 e. The number of aromatic nitrogens is 2. The van der Waals surface area contributed by atoms with E-state index in [1.807, 2.05) is 0 Å². The van der Waals surface area contributed by atoms with E-state index in [4.69, 9.17) is 0 Å². The van der Waals surface area contributed by atoms with Gasteiger partial charge in [0.2, 0.25) is 0 Å². The molecule has 0 aliphatic carbocycles. The van der Waals surface area contributed by atoms with Crippen LogP contribution in [0.5, 0.6) is 0 Å². The first-order chi connectivity index (χ1) is 8.54. The van der Waals surface area contributed by atoms with Gasteiger partial charge in [0.25, 0.3) is 11.2 Å². The van der Waals surface area contributed by atoms with Gasteiger partial charge in [-0.25, -0.2) is 9.48 Å². The van der Waals surface area contributed by atoms with Crippen LogP contribution in [0.4, 0.5) is 10.5 Å². The molecule has 2 rings (SSSR count). The number of fused-ring (bicyclic) bond motifs is 1. The van der Waals surface area contributed by atoms with E-state index in [2.05, 4.69) is 10.4 Å². The third kappa shape index (κ3) is 1.83. The highest BCUT2D eigenvalue weighted by atomic mass is 16.6. The van der Waals surface area contributed by atoms with Crippen LogP contribution in [-0.2, 0) is 0 Å². The Balaban J connectivity index is 2.67. The molecule has 0 aliphatic heterocycles. The van der Waals surface area contributed by atoms with E-state index in [1.165, 1.54) is 18.2 Å². The minimum Gasteiger partial charge on any atom is -0.337 e. The average Bonchev–Trinajstić information content (AvgIpc) is 2.67. The molecule has 0 aliphatic rings. The van der Waals surface area contributed by atoms with E-state index in [9.17, 15) is 19.7 Å². The second-order valence-electron chi connectivity index (χ2n) is 3.57. The molecule has 0 spiro atoms. The zero-order valence-electron chi connectivity index (χ0n) is 9.47. The van der Waals surface area contributed by atoms with Crippen LogP contribution < -0.4 is 10.9 Å². The number of rotatable bonds is 2. The number of carbonyl (C=O) groups is 1. The molecule has 8 nitrogen and oxygen atoms in total. The normalized spacial score (nSPS) is 10.5. The maximum absolute atomic E-state index is 11.7. The molecule has 2 aromatic rings. The molecular formula is C10H10N4O4. The Bertz CT molecular complexity index is 685. The number of nitro groups is 1. The third-order valence-corrected chi connectivity index (χ3v) is 2.42. The van der Waals surface area contributed by atoms with Crippen LogP contribution in [0.1, 0.15) is 6.92 Å². The predicted molar refractivity (Wildman–Crippen MR) is 63.7 cm³/mol. The first-order valence-corrected chi connectivity index (χ1v) is 5.22. The Hall–Kier alpha value is -2.64. The van der Waals surface area contributed by atoms with Gasteiger partial charge < -0.3 is 5.32 Å². The lowest BCUT2D eigenvalue weighted by Gasteiger charge is -2.03. The SMILES string of the molecule is CCNC(=O)n1[nH]c(=O)c2ccc([N+](=O)[O-])cc21. The zero-order valence-corrected chi connectivity index (χ0v) is 9.47. The Morgan fingerprint density at radius 1 is 1.56 bits per heavy atom. The Morgan fingerprint density at radius 2 is 2.28 bits per heavy atom. The second-order valence-corrected chi connectivity index (χ2v) is 3.57. The standard InChI is InChI=1S/C10H10N4O4/c1-2-11-10(16)13-8-5-6(14(17)18)3-4-7(8)9(15)12-13/h3-5H,2H2,1H3,(H,11,16)(H,12,15). The quantitative estimate of drug-likeness (QED) is 0.607. The molecule has 1 aromatic heterocycles. The summed E-state index contributed by atoms with van der Waals surface area (Å²) in [6.07, 6.45) is 0. The van der Waals surface area contributed by atoms with Crippen molar-refractivity contribution < 1.29 is 9.72 Å². The molecule has 18 heavy (non-hydrogen) atoms. The molecule has 94 valence electrons. The number of nitrogens with one attached hydrogen (secondary N) is 2. The van der Waals surface area contributed by atoms with Gasteiger partial charge >= 0.3 is 6.03 Å². The number of non-ortho nitro benzene ring substituents is 1. The van der Waals surface area contributed by atoms with Crippen LogP contribution in [0.3, 0.4) is 0 Å². The van der Waals surface area contributed by atoms with Crippen molar-refractivity contribution >= 4 is 22.6 Å². The summed E-state index contributed by atoms with van der Waals surface area (Å²) in [7, 11) is 0. The second kappa shape index (κ2) is 4.32. The summed E-state index contributed by atoms with van der Waals surface area (Å²) in [6.45, 7) is 2.11. The highest BCUT2D eigenvalue weighted by Gasteiger charge is 2.15. The van der Waals surface area contributed by atoms with Crippen molar-refractivity contribution in [1.82, 2.24) is 15.1 Å². The lowest BCUT2D eigenvalue weighted by Crippen LogP contribution is -2.29. The smallest absolute Gasteiger partial charge is 0.337 e. The van der Waals surface area contributed by atoms with E-state index in [-0.39, 0.29) is 16.6 Å². The topological polar surface area (TPSA) is 110 Å². The molecule has 0 fully saturated rings. The number of hydrogen-bond acceptors (Lipinski definition) is 4. The minimum atomic E-state index is -0.584. The highest BCUT2D eigenvalue weighted by Crippen LogP contribution is 2.17. The molecule has 0 bridgehead atoms. The van der Waals surface area contributed by atoms with Crippen molar-refractivity contribution in [1.29, 1.82) is 0 Å². The molecule has 0 atom stereocenters. The summed E-state index contributed by atoms with van der Waals surface area (Å²) in [5, 5.41) is 15.7. The van der Waals surface area contributed by atoms with Crippen molar-refractivity contribution in [3.63, 3.8) is 0 Å². The van der Waals surface area contributed by atoms with Crippen LogP contribution in [-0.4, -0.2) is 27.3 Å². The molecule has 0 radical (unpaired) electrons. The van der Waals surface area contributed by atoms with Crippen molar-refractivity contribution in [3.8, 4) is 0 Å². The summed E-state index contributed by atoms with van der Waals surface area (Å²) < 4.78 is 0.966. The number of amides is 1. The number of benzene rings is 1. The molecule has 1 aromatic carbocycles. The summed E-state index contributed by atoms with van der Waals surface area (Å²) in [4.78, 5) is 33.3. The number of nitrogens with zero attached hydrogens (tertiary/aromatic N) is 2. The molecular weight excluding hydrogens is 240 g/mol. The molecule has 2 N–H and O–H groups in total. The fourth-order valence-electron chi connectivity index (χ4n) is 1.62. The Labute approximate surface area is 100 Å². The largest absolute Gasteiger partial charge is 0.340 e. The third-order valence-electron chi connectivity index (χ3n) is 2.42. The summed E-state index contributed by atoms with van der Waals surface area (Å²) in [5.41, 5.74) is -0.467. The van der Waals surface area contributed by atoms with Crippen molar-refractivity contribution in [2.24, 2.45) is 0 Å². The van der Waals surface area contributed by atoms with E-state index in [0.29, 0.717) is 6.54 Å². The molecule has 0 saturated heterocycles. The lowest BCUT2D eigenvalue weighted by molar-refractivity contribution is -0.384. The fourth-order valence-corrected chi connectivity index (χ4v) is 1.62. The highest BCUT2D eigenvalue weighted by molar-refractivity contribution is 5.90. The average molecular weight is 250 g/mol. The fraction of sp³-hybridized carbons (Fsp3) is 0.200. The number of carbonyl (C=O) groups excluding carboxylic acids is 1. The van der Waals surface area contributed by atoms with Crippen LogP contribution in [0.2, 0.25) is 0 Å². The van der Waals surface area contributed by atoms with E-state index < -0.39 is 16.5 Å². The summed E-state index contributed by atoms with van der Waals surface area (Å²) in [5.74, 6) is 0. The van der Waals surface area contributed by atoms with Gasteiger partial charge in [-0.3, -0.25) is 20.0 Å². The van der Waals surface area contributed by atoms with E-state index >= 15 is 0 Å². The van der Waals surface area contributed by atoms with Gasteiger partial charge in [0.1, 0.15) is 0 Å². The van der Waals surface area contributed by atoms with Gasteiger partial charge in [-0.2, -0.15) is 0 Å². The molecule has 0 unspecified atom stereocenters. The molecule has 1 amide bonds. The van der Waals surface area contributed by atoms with Crippen LogP contribution in [0.25, 0.3) is 10.9 Å². The molecule has 8 heteroatoms. The monoisotopic (exact) mass is 250 g/mol.